The van der Waals surface area contributed by atoms with E-state index in [0.717, 1.165) is 12.1 Å². The van der Waals surface area contributed by atoms with E-state index in [4.69, 9.17) is 27.9 Å². The smallest absolute Gasteiger partial charge is 0.417 e. The fourth-order valence-corrected chi connectivity index (χ4v) is 4.11. The van der Waals surface area contributed by atoms with Crippen molar-refractivity contribution in [1.82, 2.24) is 15.4 Å². The Balaban J connectivity index is 1.76. The van der Waals surface area contributed by atoms with Gasteiger partial charge in [0.2, 0.25) is 11.0 Å². The van der Waals surface area contributed by atoms with Crippen LogP contribution in [0.1, 0.15) is 11.1 Å². The molecule has 2 heterocycles. The summed E-state index contributed by atoms with van der Waals surface area (Å²) in [6.45, 7) is 0.0752. The number of para-hydroxylation sites is 2. The molecule has 4 rings (SSSR count). The lowest BCUT2D eigenvalue weighted by molar-refractivity contribution is -0.137. The van der Waals surface area contributed by atoms with E-state index in [1.165, 1.54) is 22.0 Å². The van der Waals surface area contributed by atoms with E-state index in [9.17, 15) is 22.0 Å². The third-order valence-corrected chi connectivity index (χ3v) is 5.60. The molecule has 1 atom stereocenters. The fraction of sp³-hybridized carbons (Fsp3) is 0.190. The van der Waals surface area contributed by atoms with Crippen LogP contribution in [0.2, 0.25) is 5.02 Å². The lowest BCUT2D eigenvalue weighted by atomic mass is 10.1. The van der Waals surface area contributed by atoms with Crippen molar-refractivity contribution < 1.29 is 26.7 Å². The summed E-state index contributed by atoms with van der Waals surface area (Å²) in [7, 11) is 1.62. The van der Waals surface area contributed by atoms with Crippen molar-refractivity contribution in [2.24, 2.45) is 0 Å². The minimum Gasteiger partial charge on any atom is -0.435 e. The van der Waals surface area contributed by atoms with Gasteiger partial charge in [-0.3, -0.25) is 0 Å². The second kappa shape index (κ2) is 8.60. The van der Waals surface area contributed by atoms with Gasteiger partial charge in [0, 0.05) is 13.2 Å². The summed E-state index contributed by atoms with van der Waals surface area (Å²) in [6.07, 6.45) is -4.03. The molecule has 33 heavy (non-hydrogen) atoms. The monoisotopic (exact) mass is 504 g/mol. The summed E-state index contributed by atoms with van der Waals surface area (Å²) in [6, 6.07) is 10.4. The van der Waals surface area contributed by atoms with E-state index >= 15 is 0 Å². The molecule has 1 fully saturated rings. The number of halogens is 7. The van der Waals surface area contributed by atoms with Crippen molar-refractivity contribution in [2.75, 3.05) is 18.6 Å². The number of aromatic nitrogens is 1. The summed E-state index contributed by atoms with van der Waals surface area (Å²) in [5, 5.41) is -0.728. The summed E-state index contributed by atoms with van der Waals surface area (Å²) in [5.41, 5.74) is 1.64. The van der Waals surface area contributed by atoms with Crippen LogP contribution in [-0.2, 0) is 11.3 Å². The number of hydrazine groups is 1. The molecule has 1 aliphatic heterocycles. The maximum atomic E-state index is 14.6. The van der Waals surface area contributed by atoms with Gasteiger partial charge in [0.15, 0.2) is 5.75 Å². The van der Waals surface area contributed by atoms with Gasteiger partial charge in [-0.05, 0) is 30.3 Å². The predicted molar refractivity (Wildman–Crippen MR) is 113 cm³/mol. The SMILES string of the molecule is CN1CN(c2ccccc2Oc2ncc(C(F)(F)F)cc2Cl)C(Cl)(c2c(F)cccc2F)N1. The number of benzene rings is 2. The molecule has 1 aliphatic rings. The van der Waals surface area contributed by atoms with E-state index in [1.54, 1.807) is 25.2 Å². The van der Waals surface area contributed by atoms with Crippen LogP contribution in [0.3, 0.4) is 0 Å². The fourth-order valence-electron chi connectivity index (χ4n) is 3.43. The molecule has 5 nitrogen and oxygen atoms in total. The van der Waals surface area contributed by atoms with Crippen LogP contribution in [0.25, 0.3) is 0 Å². The van der Waals surface area contributed by atoms with Crippen LogP contribution >= 0.6 is 23.2 Å². The maximum Gasteiger partial charge on any atom is 0.417 e. The second-order valence-electron chi connectivity index (χ2n) is 7.18. The van der Waals surface area contributed by atoms with Crippen LogP contribution in [0, 0.1) is 11.6 Å². The largest absolute Gasteiger partial charge is 0.435 e. The molecule has 0 radical (unpaired) electrons. The normalized spacial score (nSPS) is 19.2. The Bertz CT molecular complexity index is 1180. The number of hydrogen-bond donors (Lipinski definition) is 1. The highest BCUT2D eigenvalue weighted by Gasteiger charge is 2.48. The summed E-state index contributed by atoms with van der Waals surface area (Å²) >= 11 is 12.7. The Labute approximate surface area is 195 Å². The third-order valence-electron chi connectivity index (χ3n) is 4.86. The van der Waals surface area contributed by atoms with Gasteiger partial charge >= 0.3 is 6.18 Å². The van der Waals surface area contributed by atoms with Crippen LogP contribution in [0.15, 0.2) is 54.7 Å². The first-order valence-corrected chi connectivity index (χ1v) is 10.2. The highest BCUT2D eigenvalue weighted by atomic mass is 35.5. The topological polar surface area (TPSA) is 40.6 Å². The van der Waals surface area contributed by atoms with Crippen molar-refractivity contribution >= 4 is 28.9 Å². The first kappa shape index (κ1) is 23.5. The molecule has 0 saturated carbocycles. The second-order valence-corrected chi connectivity index (χ2v) is 8.13. The highest BCUT2D eigenvalue weighted by molar-refractivity contribution is 6.31. The minimum absolute atomic E-state index is 0.0752. The molecule has 0 spiro atoms. The van der Waals surface area contributed by atoms with E-state index in [2.05, 4.69) is 10.4 Å². The Morgan fingerprint density at radius 1 is 1.09 bits per heavy atom. The molecular weight excluding hydrogens is 490 g/mol. The molecule has 0 amide bonds. The van der Waals surface area contributed by atoms with Crippen molar-refractivity contribution in [3.63, 3.8) is 0 Å². The summed E-state index contributed by atoms with van der Waals surface area (Å²) < 4.78 is 73.7. The van der Waals surface area contributed by atoms with E-state index in [-0.39, 0.29) is 29.0 Å². The quantitative estimate of drug-likeness (QED) is 0.264. The molecule has 1 saturated heterocycles. The maximum absolute atomic E-state index is 14.6. The molecule has 1 N–H and O–H groups in total. The number of rotatable bonds is 4. The first-order chi connectivity index (χ1) is 15.5. The zero-order valence-corrected chi connectivity index (χ0v) is 18.3. The molecular formula is C21H15Cl2F5N4O. The number of anilines is 1. The van der Waals surface area contributed by atoms with Gasteiger partial charge in [-0.15, -0.1) is 0 Å². The zero-order chi connectivity index (χ0) is 24.0. The summed E-state index contributed by atoms with van der Waals surface area (Å²) in [5.74, 6) is -1.92. The van der Waals surface area contributed by atoms with E-state index < -0.39 is 34.1 Å². The van der Waals surface area contributed by atoms with Gasteiger partial charge in [-0.2, -0.15) is 13.2 Å². The molecule has 2 aromatic carbocycles. The number of alkyl halides is 4. The van der Waals surface area contributed by atoms with Gasteiger partial charge in [0.25, 0.3) is 0 Å². The van der Waals surface area contributed by atoms with Gasteiger partial charge in [0.05, 0.1) is 23.5 Å². The standard InChI is InChI=1S/C21H15Cl2F5N4O/c1-31-11-32(20(23,30-31)18-14(24)5-4-6-15(18)25)16-7-2-3-8-17(16)33-19-13(22)9-12(10-29-19)21(26,27)28/h2-10,30H,11H2,1H3. The number of nitrogens with zero attached hydrogens (tertiary/aromatic N) is 3. The Hall–Kier alpha value is -2.66. The van der Waals surface area contributed by atoms with Gasteiger partial charge < -0.3 is 9.64 Å². The number of hydrogen-bond acceptors (Lipinski definition) is 5. The Morgan fingerprint density at radius 3 is 2.39 bits per heavy atom. The Morgan fingerprint density at radius 2 is 1.76 bits per heavy atom. The molecule has 1 aromatic heterocycles. The molecule has 1 unspecified atom stereocenters. The van der Waals surface area contributed by atoms with Crippen molar-refractivity contribution in [3.8, 4) is 11.6 Å². The average molecular weight is 505 g/mol. The minimum atomic E-state index is -4.62. The molecule has 174 valence electrons. The van der Waals surface area contributed by atoms with Crippen LogP contribution < -0.4 is 15.1 Å². The zero-order valence-electron chi connectivity index (χ0n) is 16.8. The van der Waals surface area contributed by atoms with Crippen molar-refractivity contribution in [3.05, 3.63) is 82.5 Å². The third kappa shape index (κ3) is 4.43. The van der Waals surface area contributed by atoms with E-state index in [0.29, 0.717) is 12.3 Å². The Kier molecular flexibility index (Phi) is 6.12. The van der Waals surface area contributed by atoms with Crippen molar-refractivity contribution in [1.29, 1.82) is 0 Å². The first-order valence-electron chi connectivity index (χ1n) is 9.40. The predicted octanol–water partition coefficient (Wildman–Crippen LogP) is 6.09. The van der Waals surface area contributed by atoms with Gasteiger partial charge in [0.1, 0.15) is 16.7 Å². The number of nitrogens with one attached hydrogen (secondary N) is 1. The highest BCUT2D eigenvalue weighted by Crippen LogP contribution is 2.45. The van der Waals surface area contributed by atoms with Gasteiger partial charge in [-0.25, -0.2) is 24.2 Å². The van der Waals surface area contributed by atoms with Gasteiger partial charge in [-0.1, -0.05) is 41.4 Å². The van der Waals surface area contributed by atoms with Crippen LogP contribution in [0.4, 0.5) is 27.6 Å². The van der Waals surface area contributed by atoms with E-state index in [1.807, 2.05) is 0 Å². The lowest BCUT2D eigenvalue weighted by Crippen LogP contribution is -2.46. The lowest BCUT2D eigenvalue weighted by Gasteiger charge is -2.34. The molecule has 12 heteroatoms. The average Bonchev–Trinajstić information content (AvgIpc) is 3.03. The van der Waals surface area contributed by atoms with Crippen molar-refractivity contribution in [2.45, 2.75) is 11.3 Å². The molecule has 0 bridgehead atoms. The summed E-state index contributed by atoms with van der Waals surface area (Å²) in [4.78, 5) is 5.11. The van der Waals surface area contributed by atoms with Crippen LogP contribution in [0.5, 0.6) is 11.6 Å². The molecule has 3 aromatic rings. The molecule has 0 aliphatic carbocycles. The number of ether oxygens (including phenoxy) is 1. The van der Waals surface area contributed by atoms with Crippen LogP contribution in [-0.4, -0.2) is 23.7 Å². The number of pyridine rings is 1.